The predicted octanol–water partition coefficient (Wildman–Crippen LogP) is 1.39. The number of thiazole rings is 1. The van der Waals surface area contributed by atoms with Gasteiger partial charge in [-0.25, -0.2) is 4.98 Å². The molecule has 1 nitrogen and oxygen atoms in total. The predicted molar refractivity (Wildman–Crippen MR) is 25.6 cm³/mol. The van der Waals surface area contributed by atoms with Crippen LogP contribution in [-0.2, 0) is 0 Å². The van der Waals surface area contributed by atoms with Crippen LogP contribution in [0.15, 0.2) is 0 Å². The van der Waals surface area contributed by atoms with Gasteiger partial charge < -0.3 is 0 Å². The quantitative estimate of drug-likeness (QED) is 0.499. The maximum Gasteiger partial charge on any atom is 0.227 e. The summed E-state index contributed by atoms with van der Waals surface area (Å²) in [6.45, 7) is 1.67. The molecule has 0 aliphatic rings. The molecule has 3 heteroatoms. The molecule has 0 atom stereocenters. The highest BCUT2D eigenvalue weighted by Crippen LogP contribution is 2.06. The fourth-order valence-electron chi connectivity index (χ4n) is 0.252. The van der Waals surface area contributed by atoms with Crippen LogP contribution >= 0.6 is 11.3 Å². The monoisotopic (exact) mass is 116 g/mol. The number of hydrogen-bond acceptors (Lipinski definition) is 2. The SMILES string of the molecule is Cc1s[c]nc1F. The Kier molecular flexibility index (Phi) is 1.06. The smallest absolute Gasteiger partial charge is 0.205 e. The van der Waals surface area contributed by atoms with Crippen molar-refractivity contribution >= 4 is 11.3 Å². The average molecular weight is 116 g/mol. The fraction of sp³-hybridized carbons (Fsp3) is 0.250. The summed E-state index contributed by atoms with van der Waals surface area (Å²) in [5, 5.41) is 0. The molecule has 0 saturated carbocycles. The Morgan fingerprint density at radius 2 is 2.57 bits per heavy atom. The summed E-state index contributed by atoms with van der Waals surface area (Å²) < 4.78 is 11.9. The van der Waals surface area contributed by atoms with Crippen molar-refractivity contribution in [3.63, 3.8) is 0 Å². The minimum Gasteiger partial charge on any atom is -0.205 e. The summed E-state index contributed by atoms with van der Waals surface area (Å²) in [6.07, 6.45) is 0. The molecule has 0 unspecified atom stereocenters. The molecule has 0 aliphatic heterocycles. The van der Waals surface area contributed by atoms with Crippen LogP contribution in [0.5, 0.6) is 0 Å². The molecule has 1 radical (unpaired) electrons. The largest absolute Gasteiger partial charge is 0.227 e. The van der Waals surface area contributed by atoms with Gasteiger partial charge in [0.25, 0.3) is 0 Å². The first kappa shape index (κ1) is 4.71. The van der Waals surface area contributed by atoms with Gasteiger partial charge in [-0.3, -0.25) is 0 Å². The second-order valence-corrected chi connectivity index (χ2v) is 2.15. The number of aromatic nitrogens is 1. The van der Waals surface area contributed by atoms with Crippen LogP contribution in [0, 0.1) is 18.4 Å². The van der Waals surface area contributed by atoms with Crippen LogP contribution in [0.3, 0.4) is 0 Å². The highest BCUT2D eigenvalue weighted by atomic mass is 32.1. The van der Waals surface area contributed by atoms with Crippen molar-refractivity contribution < 1.29 is 4.39 Å². The molecule has 1 heterocycles. The Morgan fingerprint density at radius 1 is 1.86 bits per heavy atom. The molecule has 1 aromatic heterocycles. The van der Waals surface area contributed by atoms with E-state index in [1.807, 2.05) is 0 Å². The molecular weight excluding hydrogens is 113 g/mol. The molecule has 37 valence electrons. The molecule has 0 aliphatic carbocycles. The average Bonchev–Trinajstić information content (AvgIpc) is 1.91. The molecule has 0 amide bonds. The Hall–Kier alpha value is -0.440. The number of rotatable bonds is 0. The van der Waals surface area contributed by atoms with Crippen LogP contribution in [0.2, 0.25) is 0 Å². The van der Waals surface area contributed by atoms with Crippen LogP contribution in [0.1, 0.15) is 4.88 Å². The number of hydrogen-bond donors (Lipinski definition) is 0. The Morgan fingerprint density at radius 3 is 2.71 bits per heavy atom. The summed E-state index contributed by atoms with van der Waals surface area (Å²) in [4.78, 5) is 3.84. The van der Waals surface area contributed by atoms with Crippen molar-refractivity contribution in [2.75, 3.05) is 0 Å². The third kappa shape index (κ3) is 0.771. The van der Waals surface area contributed by atoms with Crippen LogP contribution in [0.25, 0.3) is 0 Å². The maximum absolute atomic E-state index is 11.9. The summed E-state index contributed by atoms with van der Waals surface area (Å²) in [5.41, 5.74) is 2.41. The Bertz CT molecular complexity index is 144. The normalized spacial score (nSPS) is 9.43. The van der Waals surface area contributed by atoms with E-state index in [9.17, 15) is 4.39 Å². The number of halogens is 1. The topological polar surface area (TPSA) is 12.9 Å². The minimum absolute atomic E-state index is 0.398. The number of aryl methyl sites for hydroxylation is 1. The van der Waals surface area contributed by atoms with Gasteiger partial charge >= 0.3 is 0 Å². The lowest BCUT2D eigenvalue weighted by molar-refractivity contribution is 0.584. The van der Waals surface area contributed by atoms with E-state index in [1.54, 1.807) is 6.92 Å². The summed E-state index contributed by atoms with van der Waals surface area (Å²) in [6, 6.07) is 0. The van der Waals surface area contributed by atoms with E-state index in [2.05, 4.69) is 10.5 Å². The third-order valence-corrected chi connectivity index (χ3v) is 1.29. The molecule has 0 spiro atoms. The second kappa shape index (κ2) is 1.58. The van der Waals surface area contributed by atoms with Gasteiger partial charge in [-0.1, -0.05) is 0 Å². The molecular formula is C4H3FNS. The fourth-order valence-corrected chi connectivity index (χ4v) is 0.645. The lowest BCUT2D eigenvalue weighted by atomic mass is 10.6. The van der Waals surface area contributed by atoms with Gasteiger partial charge in [0.15, 0.2) is 5.51 Å². The molecule has 1 aromatic rings. The minimum atomic E-state index is -0.398. The lowest BCUT2D eigenvalue weighted by Crippen LogP contribution is -1.70. The van der Waals surface area contributed by atoms with Crippen molar-refractivity contribution in [2.24, 2.45) is 0 Å². The Balaban J connectivity index is 3.12. The van der Waals surface area contributed by atoms with Crippen LogP contribution < -0.4 is 0 Å². The first-order valence-corrected chi connectivity index (χ1v) is 2.61. The Labute approximate surface area is 44.8 Å². The van der Waals surface area contributed by atoms with Gasteiger partial charge in [-0.05, 0) is 6.92 Å². The van der Waals surface area contributed by atoms with Crippen molar-refractivity contribution in [1.82, 2.24) is 4.98 Å². The van der Waals surface area contributed by atoms with E-state index < -0.39 is 5.95 Å². The van der Waals surface area contributed by atoms with Gasteiger partial charge in [0, 0.05) is 0 Å². The van der Waals surface area contributed by atoms with E-state index in [4.69, 9.17) is 0 Å². The maximum atomic E-state index is 11.9. The zero-order valence-electron chi connectivity index (χ0n) is 3.73. The highest BCUT2D eigenvalue weighted by Gasteiger charge is 1.95. The van der Waals surface area contributed by atoms with E-state index in [-0.39, 0.29) is 0 Å². The van der Waals surface area contributed by atoms with E-state index >= 15 is 0 Å². The molecule has 0 aromatic carbocycles. The first-order valence-electron chi connectivity index (χ1n) is 1.79. The van der Waals surface area contributed by atoms with Gasteiger partial charge in [-0.15, -0.1) is 11.3 Å². The molecule has 0 saturated heterocycles. The van der Waals surface area contributed by atoms with E-state index in [0.717, 1.165) is 0 Å². The number of nitrogens with zero attached hydrogens (tertiary/aromatic N) is 1. The van der Waals surface area contributed by atoms with Crippen LogP contribution in [-0.4, -0.2) is 4.98 Å². The summed E-state index contributed by atoms with van der Waals surface area (Å²) in [5.74, 6) is -0.398. The summed E-state index contributed by atoms with van der Waals surface area (Å²) >= 11 is 1.19. The molecule has 0 fully saturated rings. The highest BCUT2D eigenvalue weighted by molar-refractivity contribution is 7.09. The van der Waals surface area contributed by atoms with Crippen LogP contribution in [0.4, 0.5) is 4.39 Å². The van der Waals surface area contributed by atoms with Crippen molar-refractivity contribution in [2.45, 2.75) is 6.92 Å². The third-order valence-electron chi connectivity index (χ3n) is 0.633. The van der Waals surface area contributed by atoms with Gasteiger partial charge in [0.1, 0.15) is 0 Å². The molecule has 1 rings (SSSR count). The lowest BCUT2D eigenvalue weighted by Gasteiger charge is -1.72. The van der Waals surface area contributed by atoms with Gasteiger partial charge in [0.05, 0.1) is 4.88 Å². The zero-order valence-corrected chi connectivity index (χ0v) is 4.55. The molecule has 0 bridgehead atoms. The summed E-state index contributed by atoms with van der Waals surface area (Å²) in [7, 11) is 0. The second-order valence-electron chi connectivity index (χ2n) is 1.15. The van der Waals surface area contributed by atoms with Crippen molar-refractivity contribution in [3.8, 4) is 0 Å². The van der Waals surface area contributed by atoms with Gasteiger partial charge in [0.2, 0.25) is 5.95 Å². The zero-order chi connectivity index (χ0) is 5.28. The van der Waals surface area contributed by atoms with E-state index in [1.165, 1.54) is 11.3 Å². The first-order chi connectivity index (χ1) is 3.30. The van der Waals surface area contributed by atoms with Crippen molar-refractivity contribution in [1.29, 1.82) is 0 Å². The van der Waals surface area contributed by atoms with Crippen molar-refractivity contribution in [3.05, 3.63) is 16.3 Å². The molecule has 0 N–H and O–H groups in total. The van der Waals surface area contributed by atoms with E-state index in [0.29, 0.717) is 4.88 Å². The molecule has 7 heavy (non-hydrogen) atoms. The standard InChI is InChI=1S/C4H3FNS/c1-3-4(5)6-2-7-3/h1H3. The van der Waals surface area contributed by atoms with Gasteiger partial charge in [-0.2, -0.15) is 4.39 Å².